The highest BCUT2D eigenvalue weighted by molar-refractivity contribution is 7.99. The molecule has 31 heavy (non-hydrogen) atoms. The van der Waals surface area contributed by atoms with Crippen LogP contribution < -0.4 is 10.1 Å². The Bertz CT molecular complexity index is 1130. The average molecular weight is 433 g/mol. The highest BCUT2D eigenvalue weighted by atomic mass is 32.2. The third kappa shape index (κ3) is 5.26. The van der Waals surface area contributed by atoms with Gasteiger partial charge in [0.15, 0.2) is 11.0 Å². The molecule has 0 radical (unpaired) electrons. The monoisotopic (exact) mass is 432 g/mol. The van der Waals surface area contributed by atoms with E-state index < -0.39 is 0 Å². The summed E-state index contributed by atoms with van der Waals surface area (Å²) >= 11 is 1.32. The van der Waals surface area contributed by atoms with Crippen LogP contribution in [0.2, 0.25) is 0 Å². The molecule has 0 aliphatic heterocycles. The summed E-state index contributed by atoms with van der Waals surface area (Å²) in [6.45, 7) is 2.65. The molecule has 0 fully saturated rings. The van der Waals surface area contributed by atoms with Crippen LogP contribution in [0, 0.1) is 0 Å². The molecule has 8 nitrogen and oxygen atoms in total. The first-order valence-electron chi connectivity index (χ1n) is 9.68. The van der Waals surface area contributed by atoms with Crippen molar-refractivity contribution in [1.82, 2.24) is 24.7 Å². The summed E-state index contributed by atoms with van der Waals surface area (Å²) in [4.78, 5) is 20.7. The summed E-state index contributed by atoms with van der Waals surface area (Å²) in [6.07, 6.45) is 4.86. The molecular weight excluding hydrogens is 412 g/mol. The lowest BCUT2D eigenvalue weighted by atomic mass is 10.3. The first-order chi connectivity index (χ1) is 15.2. The van der Waals surface area contributed by atoms with Gasteiger partial charge in [-0.05, 0) is 43.3 Å². The fourth-order valence-electron chi connectivity index (χ4n) is 2.84. The quantitative estimate of drug-likeness (QED) is 0.415. The lowest BCUT2D eigenvalue weighted by Gasteiger charge is -2.09. The van der Waals surface area contributed by atoms with E-state index >= 15 is 0 Å². The molecule has 0 aliphatic rings. The Kier molecular flexibility index (Phi) is 6.53. The van der Waals surface area contributed by atoms with Gasteiger partial charge in [-0.15, -0.1) is 10.2 Å². The van der Waals surface area contributed by atoms with E-state index in [-0.39, 0.29) is 11.7 Å². The van der Waals surface area contributed by atoms with Crippen molar-refractivity contribution in [3.63, 3.8) is 0 Å². The molecule has 4 aromatic rings. The topological polar surface area (TPSA) is 94.8 Å². The number of anilines is 1. The van der Waals surface area contributed by atoms with Gasteiger partial charge in [-0.3, -0.25) is 9.78 Å². The smallest absolute Gasteiger partial charge is 0.234 e. The van der Waals surface area contributed by atoms with E-state index in [1.807, 2.05) is 66.1 Å². The third-order valence-electron chi connectivity index (χ3n) is 4.27. The molecule has 0 saturated carbocycles. The lowest BCUT2D eigenvalue weighted by Crippen LogP contribution is -2.14. The molecule has 4 rings (SSSR count). The van der Waals surface area contributed by atoms with Crippen LogP contribution in [0.5, 0.6) is 11.5 Å². The molecule has 2 aromatic heterocycles. The number of hydrogen-bond donors (Lipinski definition) is 1. The molecule has 1 N–H and O–H groups in total. The standard InChI is InChI=1S/C22H20N6O2S/c1-2-28-21(19-14-23-12-13-24-19)26-27-22(28)31-15-20(29)25-16-8-10-18(11-9-16)30-17-6-4-3-5-7-17/h3-14H,2,15H2,1H3,(H,25,29). The number of para-hydroxylation sites is 1. The molecule has 0 bridgehead atoms. The van der Waals surface area contributed by atoms with Gasteiger partial charge in [-0.2, -0.15) is 0 Å². The SMILES string of the molecule is CCn1c(SCC(=O)Nc2ccc(Oc3ccccc3)cc2)nnc1-c1cnccn1. The first-order valence-corrected chi connectivity index (χ1v) is 10.7. The predicted molar refractivity (Wildman–Crippen MR) is 119 cm³/mol. The molecular formula is C22H20N6O2S. The van der Waals surface area contributed by atoms with Crippen LogP contribution in [0.3, 0.4) is 0 Å². The van der Waals surface area contributed by atoms with Gasteiger partial charge < -0.3 is 14.6 Å². The van der Waals surface area contributed by atoms with Crippen molar-refractivity contribution < 1.29 is 9.53 Å². The maximum Gasteiger partial charge on any atom is 0.234 e. The molecule has 9 heteroatoms. The Hall–Kier alpha value is -3.72. The molecule has 2 heterocycles. The second-order valence-corrected chi connectivity index (χ2v) is 7.36. The van der Waals surface area contributed by atoms with Crippen LogP contribution in [-0.2, 0) is 11.3 Å². The number of hydrogen-bond acceptors (Lipinski definition) is 7. The number of nitrogens with one attached hydrogen (secondary N) is 1. The van der Waals surface area contributed by atoms with Crippen molar-refractivity contribution in [2.75, 3.05) is 11.1 Å². The molecule has 0 atom stereocenters. The van der Waals surface area contributed by atoms with Crippen LogP contribution in [0.15, 0.2) is 78.3 Å². The van der Waals surface area contributed by atoms with Crippen molar-refractivity contribution in [2.24, 2.45) is 0 Å². The Labute approximate surface area is 183 Å². The highest BCUT2D eigenvalue weighted by Crippen LogP contribution is 2.24. The number of nitrogens with zero attached hydrogens (tertiary/aromatic N) is 5. The summed E-state index contributed by atoms with van der Waals surface area (Å²) in [5.41, 5.74) is 1.34. The van der Waals surface area contributed by atoms with Gasteiger partial charge in [0.2, 0.25) is 5.91 Å². The van der Waals surface area contributed by atoms with Gasteiger partial charge in [0, 0.05) is 24.6 Å². The Morgan fingerprint density at radius 2 is 1.81 bits per heavy atom. The summed E-state index contributed by atoms with van der Waals surface area (Å²) in [6, 6.07) is 16.8. The Balaban J connectivity index is 1.34. The second kappa shape index (κ2) is 9.86. The number of thioether (sulfide) groups is 1. The minimum Gasteiger partial charge on any atom is -0.457 e. The maximum absolute atomic E-state index is 12.4. The minimum atomic E-state index is -0.131. The summed E-state index contributed by atoms with van der Waals surface area (Å²) < 4.78 is 7.68. The molecule has 156 valence electrons. The van der Waals surface area contributed by atoms with E-state index in [0.29, 0.717) is 34.7 Å². The number of benzene rings is 2. The normalized spacial score (nSPS) is 10.6. The van der Waals surface area contributed by atoms with E-state index in [0.717, 1.165) is 5.75 Å². The molecule has 0 aliphatic carbocycles. The van der Waals surface area contributed by atoms with Gasteiger partial charge >= 0.3 is 0 Å². The Morgan fingerprint density at radius 1 is 1.03 bits per heavy atom. The van der Waals surface area contributed by atoms with Crippen LogP contribution >= 0.6 is 11.8 Å². The van der Waals surface area contributed by atoms with E-state index in [2.05, 4.69) is 25.5 Å². The van der Waals surface area contributed by atoms with Gasteiger partial charge in [0.05, 0.1) is 11.9 Å². The maximum atomic E-state index is 12.4. The molecule has 0 saturated heterocycles. The molecule has 2 aromatic carbocycles. The van der Waals surface area contributed by atoms with Crippen molar-refractivity contribution in [1.29, 1.82) is 0 Å². The number of carbonyl (C=O) groups is 1. The largest absolute Gasteiger partial charge is 0.457 e. The summed E-state index contributed by atoms with van der Waals surface area (Å²) in [5.74, 6) is 2.17. The second-order valence-electron chi connectivity index (χ2n) is 6.42. The van der Waals surface area contributed by atoms with E-state index in [1.54, 1.807) is 18.6 Å². The van der Waals surface area contributed by atoms with E-state index in [9.17, 15) is 4.79 Å². The molecule has 0 unspecified atom stereocenters. The first kappa shape index (κ1) is 20.5. The van der Waals surface area contributed by atoms with Crippen LogP contribution in [0.1, 0.15) is 6.92 Å². The van der Waals surface area contributed by atoms with Crippen LogP contribution in [0.4, 0.5) is 5.69 Å². The van der Waals surface area contributed by atoms with Gasteiger partial charge in [0.25, 0.3) is 0 Å². The zero-order valence-corrected chi connectivity index (χ0v) is 17.6. The van der Waals surface area contributed by atoms with Gasteiger partial charge in [0.1, 0.15) is 17.2 Å². The van der Waals surface area contributed by atoms with Gasteiger partial charge in [-0.25, -0.2) is 4.98 Å². The van der Waals surface area contributed by atoms with Crippen molar-refractivity contribution >= 4 is 23.4 Å². The van der Waals surface area contributed by atoms with Gasteiger partial charge in [-0.1, -0.05) is 30.0 Å². The fraction of sp³-hybridized carbons (Fsp3) is 0.136. The number of carbonyl (C=O) groups excluding carboxylic acids is 1. The summed E-state index contributed by atoms with van der Waals surface area (Å²) in [7, 11) is 0. The van der Waals surface area contributed by atoms with Crippen molar-refractivity contribution in [2.45, 2.75) is 18.6 Å². The summed E-state index contributed by atoms with van der Waals surface area (Å²) in [5, 5.41) is 12.0. The zero-order valence-electron chi connectivity index (χ0n) is 16.8. The average Bonchev–Trinajstić information content (AvgIpc) is 3.23. The third-order valence-corrected chi connectivity index (χ3v) is 5.24. The molecule has 0 spiro atoms. The highest BCUT2D eigenvalue weighted by Gasteiger charge is 2.15. The number of rotatable bonds is 8. The Morgan fingerprint density at radius 3 is 2.52 bits per heavy atom. The zero-order chi connectivity index (χ0) is 21.5. The fourth-order valence-corrected chi connectivity index (χ4v) is 3.64. The lowest BCUT2D eigenvalue weighted by molar-refractivity contribution is -0.113. The minimum absolute atomic E-state index is 0.131. The number of amides is 1. The van der Waals surface area contributed by atoms with Crippen molar-refractivity contribution in [3.05, 3.63) is 73.2 Å². The number of ether oxygens (including phenoxy) is 1. The van der Waals surface area contributed by atoms with E-state index in [1.165, 1.54) is 11.8 Å². The van der Waals surface area contributed by atoms with E-state index in [4.69, 9.17) is 4.74 Å². The predicted octanol–water partition coefficient (Wildman–Crippen LogP) is 4.28. The van der Waals surface area contributed by atoms with Crippen molar-refractivity contribution in [3.8, 4) is 23.0 Å². The molecule has 1 amide bonds. The van der Waals surface area contributed by atoms with Crippen LogP contribution in [-0.4, -0.2) is 36.4 Å². The number of aromatic nitrogens is 5. The van der Waals surface area contributed by atoms with Crippen LogP contribution in [0.25, 0.3) is 11.5 Å².